The van der Waals surface area contributed by atoms with Gasteiger partial charge in [0.25, 0.3) is 0 Å². The summed E-state index contributed by atoms with van der Waals surface area (Å²) in [5.74, 6) is 0.324. The van der Waals surface area contributed by atoms with Crippen LogP contribution in [0.1, 0.15) is 52.9 Å². The zero-order valence-electron chi connectivity index (χ0n) is 13.5. The molecular formula is C17H29NO3. The highest BCUT2D eigenvalue weighted by Crippen LogP contribution is 2.40. The van der Waals surface area contributed by atoms with Crippen molar-refractivity contribution in [3.8, 4) is 0 Å². The van der Waals surface area contributed by atoms with Gasteiger partial charge in [0.2, 0.25) is 5.91 Å². The molecule has 0 spiro atoms. The van der Waals surface area contributed by atoms with Gasteiger partial charge in [0.05, 0.1) is 11.8 Å². The van der Waals surface area contributed by atoms with Gasteiger partial charge in [-0.25, -0.2) is 0 Å². The second-order valence-corrected chi connectivity index (χ2v) is 7.20. The van der Waals surface area contributed by atoms with Crippen molar-refractivity contribution in [3.63, 3.8) is 0 Å². The molecule has 1 heterocycles. The summed E-state index contributed by atoms with van der Waals surface area (Å²) in [6.07, 6.45) is 4.53. The van der Waals surface area contributed by atoms with Crippen LogP contribution in [0.15, 0.2) is 0 Å². The van der Waals surface area contributed by atoms with Gasteiger partial charge in [-0.05, 0) is 43.4 Å². The summed E-state index contributed by atoms with van der Waals surface area (Å²) < 4.78 is 0. The first-order valence-electron chi connectivity index (χ1n) is 8.45. The molecule has 2 rings (SSSR count). The number of nitrogens with zero attached hydrogens (tertiary/aromatic N) is 1. The Labute approximate surface area is 127 Å². The molecule has 2 aliphatic rings. The van der Waals surface area contributed by atoms with Crippen LogP contribution in [-0.2, 0) is 9.59 Å². The van der Waals surface area contributed by atoms with E-state index in [0.29, 0.717) is 24.2 Å². The van der Waals surface area contributed by atoms with Crippen molar-refractivity contribution in [1.82, 2.24) is 4.90 Å². The van der Waals surface area contributed by atoms with Gasteiger partial charge in [-0.3, -0.25) is 9.59 Å². The Morgan fingerprint density at radius 2 is 1.71 bits per heavy atom. The van der Waals surface area contributed by atoms with Crippen LogP contribution in [0.5, 0.6) is 0 Å². The van der Waals surface area contributed by atoms with Crippen LogP contribution in [0.2, 0.25) is 0 Å². The van der Waals surface area contributed by atoms with Crippen molar-refractivity contribution < 1.29 is 14.7 Å². The maximum Gasteiger partial charge on any atom is 0.307 e. The molecule has 0 radical (unpaired) electrons. The van der Waals surface area contributed by atoms with Gasteiger partial charge in [0, 0.05) is 13.1 Å². The number of amides is 1. The smallest absolute Gasteiger partial charge is 0.307 e. The highest BCUT2D eigenvalue weighted by molar-refractivity contribution is 5.85. The maximum absolute atomic E-state index is 12.7. The first-order valence-corrected chi connectivity index (χ1v) is 8.45. The summed E-state index contributed by atoms with van der Waals surface area (Å²) in [5.41, 5.74) is 0. The Kier molecular flexibility index (Phi) is 5.28. The summed E-state index contributed by atoms with van der Waals surface area (Å²) in [5, 5.41) is 9.39. The SMILES string of the molecule is CCC1C[C@H](C(=O)N2CCC(C(C)C)CC2)[C@H](C(=O)O)C1. The molecule has 120 valence electrons. The molecule has 1 aliphatic carbocycles. The van der Waals surface area contributed by atoms with E-state index in [1.54, 1.807) is 0 Å². The van der Waals surface area contributed by atoms with Gasteiger partial charge in [0.1, 0.15) is 0 Å². The van der Waals surface area contributed by atoms with Crippen LogP contribution in [0, 0.1) is 29.6 Å². The van der Waals surface area contributed by atoms with Crippen molar-refractivity contribution >= 4 is 11.9 Å². The van der Waals surface area contributed by atoms with E-state index in [0.717, 1.165) is 38.8 Å². The van der Waals surface area contributed by atoms with Crippen molar-refractivity contribution in [3.05, 3.63) is 0 Å². The van der Waals surface area contributed by atoms with Crippen molar-refractivity contribution in [2.45, 2.75) is 52.9 Å². The van der Waals surface area contributed by atoms with E-state index >= 15 is 0 Å². The lowest BCUT2D eigenvalue weighted by Gasteiger charge is -2.35. The number of piperidine rings is 1. The Hall–Kier alpha value is -1.06. The number of carboxylic acid groups (broad SMARTS) is 1. The van der Waals surface area contributed by atoms with E-state index in [-0.39, 0.29) is 11.8 Å². The monoisotopic (exact) mass is 295 g/mol. The summed E-state index contributed by atoms with van der Waals surface area (Å²) >= 11 is 0. The molecule has 0 aromatic rings. The standard InChI is InChI=1S/C17H29NO3/c1-4-12-9-14(15(10-12)17(20)21)16(19)18-7-5-13(6-8-18)11(2)3/h11-15H,4-10H2,1-3H3,(H,20,21)/t12?,14-,15+/m0/s1. The lowest BCUT2D eigenvalue weighted by Crippen LogP contribution is -2.44. The largest absolute Gasteiger partial charge is 0.481 e. The summed E-state index contributed by atoms with van der Waals surface area (Å²) in [6.45, 7) is 8.18. The molecule has 4 nitrogen and oxygen atoms in total. The Morgan fingerprint density at radius 1 is 1.14 bits per heavy atom. The number of rotatable bonds is 4. The third-order valence-electron chi connectivity index (χ3n) is 5.67. The molecule has 2 fully saturated rings. The normalized spacial score (nSPS) is 30.9. The topological polar surface area (TPSA) is 57.6 Å². The molecule has 1 N–H and O–H groups in total. The van der Waals surface area contributed by atoms with Crippen LogP contribution in [0.25, 0.3) is 0 Å². The Morgan fingerprint density at radius 3 is 2.19 bits per heavy atom. The average Bonchev–Trinajstić information content (AvgIpc) is 2.91. The highest BCUT2D eigenvalue weighted by atomic mass is 16.4. The second kappa shape index (κ2) is 6.80. The van der Waals surface area contributed by atoms with Gasteiger partial charge >= 0.3 is 5.97 Å². The van der Waals surface area contributed by atoms with Gasteiger partial charge in [-0.2, -0.15) is 0 Å². The molecular weight excluding hydrogens is 266 g/mol. The van der Waals surface area contributed by atoms with Crippen molar-refractivity contribution in [2.75, 3.05) is 13.1 Å². The quantitative estimate of drug-likeness (QED) is 0.867. The first kappa shape index (κ1) is 16.3. The fraction of sp³-hybridized carbons (Fsp3) is 0.882. The Bertz CT molecular complexity index is 385. The number of carbonyl (C=O) groups is 2. The predicted molar refractivity (Wildman–Crippen MR) is 81.8 cm³/mol. The number of carbonyl (C=O) groups excluding carboxylic acids is 1. The zero-order chi connectivity index (χ0) is 15.6. The minimum Gasteiger partial charge on any atom is -0.481 e. The number of carboxylic acids is 1. The van der Waals surface area contributed by atoms with Gasteiger partial charge in [-0.1, -0.05) is 27.2 Å². The van der Waals surface area contributed by atoms with Gasteiger partial charge in [-0.15, -0.1) is 0 Å². The minimum atomic E-state index is -0.790. The van der Waals surface area contributed by atoms with E-state index in [1.165, 1.54) is 0 Å². The minimum absolute atomic E-state index is 0.0977. The average molecular weight is 295 g/mol. The van der Waals surface area contributed by atoms with Crippen molar-refractivity contribution in [2.24, 2.45) is 29.6 Å². The highest BCUT2D eigenvalue weighted by Gasteiger charge is 2.44. The van der Waals surface area contributed by atoms with Crippen molar-refractivity contribution in [1.29, 1.82) is 0 Å². The zero-order valence-corrected chi connectivity index (χ0v) is 13.5. The molecule has 1 saturated carbocycles. The third-order valence-corrected chi connectivity index (χ3v) is 5.67. The summed E-state index contributed by atoms with van der Waals surface area (Å²) in [6, 6.07) is 0. The maximum atomic E-state index is 12.7. The fourth-order valence-corrected chi connectivity index (χ4v) is 4.04. The lowest BCUT2D eigenvalue weighted by molar-refractivity contribution is -0.149. The number of likely N-dealkylation sites (tertiary alicyclic amines) is 1. The van der Waals surface area contributed by atoms with E-state index in [1.807, 2.05) is 4.90 Å². The summed E-state index contributed by atoms with van der Waals surface area (Å²) in [4.78, 5) is 26.1. The number of hydrogen-bond acceptors (Lipinski definition) is 2. The number of aliphatic carboxylic acids is 1. The second-order valence-electron chi connectivity index (χ2n) is 7.20. The Balaban J connectivity index is 1.97. The number of hydrogen-bond donors (Lipinski definition) is 1. The van der Waals surface area contributed by atoms with Crippen LogP contribution < -0.4 is 0 Å². The van der Waals surface area contributed by atoms with Crippen LogP contribution >= 0.6 is 0 Å². The molecule has 3 atom stereocenters. The van der Waals surface area contributed by atoms with E-state index in [2.05, 4.69) is 20.8 Å². The first-order chi connectivity index (χ1) is 9.93. The van der Waals surface area contributed by atoms with E-state index < -0.39 is 11.9 Å². The van der Waals surface area contributed by atoms with Crippen LogP contribution in [-0.4, -0.2) is 35.0 Å². The molecule has 0 aromatic heterocycles. The van der Waals surface area contributed by atoms with Gasteiger partial charge < -0.3 is 10.0 Å². The molecule has 1 amide bonds. The fourth-order valence-electron chi connectivity index (χ4n) is 4.04. The van der Waals surface area contributed by atoms with Crippen LogP contribution in [0.3, 0.4) is 0 Å². The molecule has 1 saturated heterocycles. The molecule has 4 heteroatoms. The molecule has 0 bridgehead atoms. The van der Waals surface area contributed by atoms with E-state index in [9.17, 15) is 14.7 Å². The molecule has 21 heavy (non-hydrogen) atoms. The lowest BCUT2D eigenvalue weighted by atomic mass is 9.85. The van der Waals surface area contributed by atoms with E-state index in [4.69, 9.17) is 0 Å². The van der Waals surface area contributed by atoms with Gasteiger partial charge in [0.15, 0.2) is 0 Å². The molecule has 1 unspecified atom stereocenters. The van der Waals surface area contributed by atoms with Crippen LogP contribution in [0.4, 0.5) is 0 Å². The third kappa shape index (κ3) is 3.58. The predicted octanol–water partition coefficient (Wildman–Crippen LogP) is 3.02. The summed E-state index contributed by atoms with van der Waals surface area (Å²) in [7, 11) is 0. The molecule has 1 aliphatic heterocycles. The molecule has 0 aromatic carbocycles.